The summed E-state index contributed by atoms with van der Waals surface area (Å²) in [6, 6.07) is 0.738. The van der Waals surface area contributed by atoms with Crippen LogP contribution in [0.15, 0.2) is 0 Å². The summed E-state index contributed by atoms with van der Waals surface area (Å²) in [6.45, 7) is 11.4. The monoisotopic (exact) mass is 312 g/mol. The van der Waals surface area contributed by atoms with Crippen LogP contribution in [0.4, 0.5) is 4.79 Å². The highest BCUT2D eigenvalue weighted by Gasteiger charge is 2.32. The number of carbonyl (C=O) groups excluding carboxylic acids is 1. The lowest BCUT2D eigenvalue weighted by atomic mass is 9.93. The Hall–Kier alpha value is -0.810. The van der Waals surface area contributed by atoms with E-state index in [9.17, 15) is 4.79 Å². The number of rotatable bonds is 4. The molecule has 0 aromatic carbocycles. The predicted octanol–water partition coefficient (Wildman–Crippen LogP) is 2.79. The largest absolute Gasteiger partial charge is 0.444 e. The van der Waals surface area contributed by atoms with Crippen molar-refractivity contribution in [3.63, 3.8) is 0 Å². The highest BCUT2D eigenvalue weighted by molar-refractivity contribution is 5.69. The molecule has 1 N–H and O–H groups in total. The van der Waals surface area contributed by atoms with Gasteiger partial charge in [0, 0.05) is 38.4 Å². The number of hydrogen-bond donors (Lipinski definition) is 1. The van der Waals surface area contributed by atoms with Gasteiger partial charge < -0.3 is 19.7 Å². The Balaban J connectivity index is 1.79. The van der Waals surface area contributed by atoms with E-state index in [2.05, 4.69) is 12.2 Å². The van der Waals surface area contributed by atoms with Gasteiger partial charge in [-0.15, -0.1) is 0 Å². The zero-order chi connectivity index (χ0) is 16.2. The Bertz CT molecular complexity index is 361. The normalized spacial score (nSPS) is 25.3. The molecule has 0 spiro atoms. The molecule has 0 aromatic heterocycles. The third kappa shape index (κ3) is 5.13. The van der Waals surface area contributed by atoms with Crippen molar-refractivity contribution in [2.75, 3.05) is 26.3 Å². The maximum Gasteiger partial charge on any atom is 0.410 e. The Morgan fingerprint density at radius 1 is 1.32 bits per heavy atom. The van der Waals surface area contributed by atoms with Crippen molar-refractivity contribution < 1.29 is 14.3 Å². The van der Waals surface area contributed by atoms with Crippen molar-refractivity contribution in [2.24, 2.45) is 5.92 Å². The second kappa shape index (κ2) is 7.64. The van der Waals surface area contributed by atoms with Gasteiger partial charge in [0.1, 0.15) is 5.60 Å². The van der Waals surface area contributed by atoms with Gasteiger partial charge in [0.25, 0.3) is 0 Å². The standard InChI is InChI=1S/C17H32N2O3/c1-13(14-7-10-21-11-8-14)18-12-15-6-5-9-19(15)16(20)22-17(2,3)4/h13-15,18H,5-12H2,1-4H3. The molecule has 5 heteroatoms. The van der Waals surface area contributed by atoms with E-state index in [-0.39, 0.29) is 12.1 Å². The quantitative estimate of drug-likeness (QED) is 0.867. The average molecular weight is 312 g/mol. The molecule has 2 rings (SSSR count). The topological polar surface area (TPSA) is 50.8 Å². The molecule has 2 aliphatic heterocycles. The number of nitrogens with one attached hydrogen (secondary N) is 1. The van der Waals surface area contributed by atoms with Gasteiger partial charge >= 0.3 is 6.09 Å². The second-order valence-electron chi connectivity index (χ2n) is 7.62. The van der Waals surface area contributed by atoms with Crippen molar-refractivity contribution in [3.8, 4) is 0 Å². The molecule has 2 heterocycles. The van der Waals surface area contributed by atoms with Crippen LogP contribution in [-0.2, 0) is 9.47 Å². The number of carbonyl (C=O) groups is 1. The minimum atomic E-state index is -0.424. The molecule has 128 valence electrons. The predicted molar refractivity (Wildman–Crippen MR) is 87.0 cm³/mol. The minimum Gasteiger partial charge on any atom is -0.444 e. The Morgan fingerprint density at radius 3 is 2.64 bits per heavy atom. The molecule has 2 aliphatic rings. The van der Waals surface area contributed by atoms with Crippen LogP contribution in [0.2, 0.25) is 0 Å². The van der Waals surface area contributed by atoms with E-state index in [1.807, 2.05) is 25.7 Å². The molecular weight excluding hydrogens is 280 g/mol. The van der Waals surface area contributed by atoms with E-state index in [1.165, 1.54) is 0 Å². The summed E-state index contributed by atoms with van der Waals surface area (Å²) in [4.78, 5) is 14.2. The summed E-state index contributed by atoms with van der Waals surface area (Å²) in [7, 11) is 0. The number of ether oxygens (including phenoxy) is 2. The van der Waals surface area contributed by atoms with Crippen molar-refractivity contribution in [1.29, 1.82) is 0 Å². The fraction of sp³-hybridized carbons (Fsp3) is 0.941. The highest BCUT2D eigenvalue weighted by Crippen LogP contribution is 2.22. The fourth-order valence-corrected chi connectivity index (χ4v) is 3.31. The molecule has 2 atom stereocenters. The molecule has 2 fully saturated rings. The van der Waals surface area contributed by atoms with Gasteiger partial charge in [-0.2, -0.15) is 0 Å². The van der Waals surface area contributed by atoms with Crippen LogP contribution in [0, 0.1) is 5.92 Å². The van der Waals surface area contributed by atoms with E-state index in [4.69, 9.17) is 9.47 Å². The van der Waals surface area contributed by atoms with Crippen LogP contribution < -0.4 is 5.32 Å². The highest BCUT2D eigenvalue weighted by atomic mass is 16.6. The summed E-state index contributed by atoms with van der Waals surface area (Å²) in [6.07, 6.45) is 4.23. The molecule has 0 bridgehead atoms. The van der Waals surface area contributed by atoms with E-state index >= 15 is 0 Å². The number of hydrogen-bond acceptors (Lipinski definition) is 4. The lowest BCUT2D eigenvalue weighted by Crippen LogP contribution is -2.47. The molecule has 22 heavy (non-hydrogen) atoms. The first-order chi connectivity index (χ1) is 10.4. The third-order valence-corrected chi connectivity index (χ3v) is 4.65. The molecule has 0 aromatic rings. The first-order valence-electron chi connectivity index (χ1n) is 8.67. The molecule has 0 radical (unpaired) electrons. The Kier molecular flexibility index (Phi) is 6.09. The van der Waals surface area contributed by atoms with Crippen molar-refractivity contribution in [2.45, 2.75) is 71.1 Å². The maximum atomic E-state index is 12.3. The first kappa shape index (κ1) is 17.5. The fourth-order valence-electron chi connectivity index (χ4n) is 3.31. The van der Waals surface area contributed by atoms with Gasteiger partial charge in [-0.3, -0.25) is 0 Å². The Morgan fingerprint density at radius 2 is 2.00 bits per heavy atom. The summed E-state index contributed by atoms with van der Waals surface area (Å²) in [5.74, 6) is 0.685. The second-order valence-corrected chi connectivity index (χ2v) is 7.62. The number of amides is 1. The summed E-state index contributed by atoms with van der Waals surface area (Å²) >= 11 is 0. The van der Waals surface area contributed by atoms with E-state index in [0.29, 0.717) is 12.0 Å². The van der Waals surface area contributed by atoms with Gasteiger partial charge in [0.15, 0.2) is 0 Å². The third-order valence-electron chi connectivity index (χ3n) is 4.65. The summed E-state index contributed by atoms with van der Waals surface area (Å²) < 4.78 is 10.9. The lowest BCUT2D eigenvalue weighted by molar-refractivity contribution is 0.0218. The number of likely N-dealkylation sites (tertiary alicyclic amines) is 1. The zero-order valence-corrected chi connectivity index (χ0v) is 14.6. The molecule has 0 aliphatic carbocycles. The van der Waals surface area contributed by atoms with Gasteiger partial charge in [-0.1, -0.05) is 0 Å². The molecule has 2 unspecified atom stereocenters. The van der Waals surface area contributed by atoms with Crippen LogP contribution in [0.1, 0.15) is 53.4 Å². The van der Waals surface area contributed by atoms with Gasteiger partial charge in [0.2, 0.25) is 0 Å². The maximum absolute atomic E-state index is 12.3. The molecule has 2 saturated heterocycles. The zero-order valence-electron chi connectivity index (χ0n) is 14.6. The number of nitrogens with zero attached hydrogens (tertiary/aromatic N) is 1. The van der Waals surface area contributed by atoms with E-state index < -0.39 is 5.60 Å². The van der Waals surface area contributed by atoms with Crippen LogP contribution in [0.25, 0.3) is 0 Å². The summed E-state index contributed by atoms with van der Waals surface area (Å²) in [5.41, 5.74) is -0.424. The molecule has 0 saturated carbocycles. The van der Waals surface area contributed by atoms with Crippen molar-refractivity contribution in [3.05, 3.63) is 0 Å². The van der Waals surface area contributed by atoms with Gasteiger partial charge in [-0.25, -0.2) is 4.79 Å². The van der Waals surface area contributed by atoms with Crippen LogP contribution in [0.3, 0.4) is 0 Å². The smallest absolute Gasteiger partial charge is 0.410 e. The first-order valence-corrected chi connectivity index (χ1v) is 8.67. The van der Waals surface area contributed by atoms with E-state index in [0.717, 1.165) is 52.0 Å². The van der Waals surface area contributed by atoms with Crippen LogP contribution >= 0.6 is 0 Å². The lowest BCUT2D eigenvalue weighted by Gasteiger charge is -2.32. The molecular formula is C17H32N2O3. The van der Waals surface area contributed by atoms with Crippen molar-refractivity contribution >= 4 is 6.09 Å². The molecule has 5 nitrogen and oxygen atoms in total. The SMILES string of the molecule is CC(NCC1CCCN1C(=O)OC(C)(C)C)C1CCOCC1. The summed E-state index contributed by atoms with van der Waals surface area (Å²) in [5, 5.41) is 3.64. The van der Waals surface area contributed by atoms with Crippen LogP contribution in [0.5, 0.6) is 0 Å². The Labute approximate surface area is 134 Å². The average Bonchev–Trinajstić information content (AvgIpc) is 2.92. The minimum absolute atomic E-state index is 0.171. The van der Waals surface area contributed by atoms with E-state index in [1.54, 1.807) is 0 Å². The molecule has 1 amide bonds. The van der Waals surface area contributed by atoms with Crippen LogP contribution in [-0.4, -0.2) is 55.0 Å². The van der Waals surface area contributed by atoms with Crippen molar-refractivity contribution in [1.82, 2.24) is 10.2 Å². The van der Waals surface area contributed by atoms with Gasteiger partial charge in [0.05, 0.1) is 0 Å². The van der Waals surface area contributed by atoms with Gasteiger partial charge in [-0.05, 0) is 59.3 Å².